The highest BCUT2D eigenvalue weighted by molar-refractivity contribution is 7.14. The van der Waals surface area contributed by atoms with Crippen LogP contribution in [0.15, 0.2) is 41.8 Å². The molecule has 1 heterocycles. The minimum absolute atomic E-state index is 0.211. The third kappa shape index (κ3) is 3.01. The van der Waals surface area contributed by atoms with Crippen molar-refractivity contribution in [3.63, 3.8) is 0 Å². The second kappa shape index (κ2) is 5.55. The summed E-state index contributed by atoms with van der Waals surface area (Å²) in [5.41, 5.74) is 1.54. The number of thiazole rings is 1. The molecule has 2 aromatic rings. The highest BCUT2D eigenvalue weighted by Crippen LogP contribution is 2.24. The van der Waals surface area contributed by atoms with E-state index in [2.05, 4.69) is 10.3 Å². The molecular formula is C13H11FN2OS. The minimum Gasteiger partial charge on any atom is -0.298 e. The number of nitrogens with zero attached hydrogens (tertiary/aromatic N) is 1. The number of allylic oxidation sites excluding steroid dienone is 1. The quantitative estimate of drug-likeness (QED) is 0.861. The number of hydrogen-bond donors (Lipinski definition) is 1. The topological polar surface area (TPSA) is 42.0 Å². The summed E-state index contributed by atoms with van der Waals surface area (Å²) in [6.07, 6.45) is 3.09. The molecule has 0 saturated carbocycles. The Morgan fingerprint density at radius 2 is 2.11 bits per heavy atom. The summed E-state index contributed by atoms with van der Waals surface area (Å²) in [6, 6.07) is 6.07. The lowest BCUT2D eigenvalue weighted by molar-refractivity contribution is -0.111. The van der Waals surface area contributed by atoms with E-state index in [-0.39, 0.29) is 11.7 Å². The molecule has 3 nitrogen and oxygen atoms in total. The molecule has 0 saturated heterocycles. The monoisotopic (exact) mass is 262 g/mol. The number of nitrogens with one attached hydrogen (secondary N) is 1. The van der Waals surface area contributed by atoms with Gasteiger partial charge in [0.2, 0.25) is 5.91 Å². The van der Waals surface area contributed by atoms with Crippen molar-refractivity contribution in [2.45, 2.75) is 6.92 Å². The molecule has 0 aliphatic heterocycles. The fourth-order valence-corrected chi connectivity index (χ4v) is 2.11. The zero-order chi connectivity index (χ0) is 13.0. The maximum absolute atomic E-state index is 12.8. The summed E-state index contributed by atoms with van der Waals surface area (Å²) in [5, 5.41) is 5.00. The first-order valence-electron chi connectivity index (χ1n) is 5.34. The molecule has 0 fully saturated rings. The Bertz CT molecular complexity index is 575. The molecule has 0 radical (unpaired) electrons. The molecule has 0 aliphatic carbocycles. The lowest BCUT2D eigenvalue weighted by Crippen LogP contribution is -2.07. The first kappa shape index (κ1) is 12.4. The standard InChI is InChI=1S/C13H11FN2OS/c1-2-3-12(17)16-13-15-11(8-18-13)9-4-6-10(14)7-5-9/h2-8H,1H3,(H,15,16,17)/b3-2+. The van der Waals surface area contributed by atoms with Gasteiger partial charge in [-0.25, -0.2) is 9.37 Å². The summed E-state index contributed by atoms with van der Waals surface area (Å²) in [6.45, 7) is 1.77. The Morgan fingerprint density at radius 1 is 1.39 bits per heavy atom. The van der Waals surface area contributed by atoms with Crippen LogP contribution in [0.2, 0.25) is 0 Å². The second-order valence-electron chi connectivity index (χ2n) is 3.53. The van der Waals surface area contributed by atoms with Crippen molar-refractivity contribution in [1.29, 1.82) is 0 Å². The average molecular weight is 262 g/mol. The van der Waals surface area contributed by atoms with Crippen molar-refractivity contribution in [3.05, 3.63) is 47.6 Å². The molecule has 1 amide bonds. The molecule has 0 spiro atoms. The van der Waals surface area contributed by atoms with E-state index < -0.39 is 0 Å². The van der Waals surface area contributed by atoms with E-state index in [1.165, 1.54) is 29.5 Å². The van der Waals surface area contributed by atoms with E-state index in [4.69, 9.17) is 0 Å². The van der Waals surface area contributed by atoms with E-state index in [0.29, 0.717) is 5.13 Å². The molecule has 18 heavy (non-hydrogen) atoms. The molecule has 5 heteroatoms. The number of amides is 1. The van der Waals surface area contributed by atoms with Crippen LogP contribution in [-0.2, 0) is 4.79 Å². The highest BCUT2D eigenvalue weighted by atomic mass is 32.1. The molecule has 92 valence electrons. The van der Waals surface area contributed by atoms with Gasteiger partial charge in [-0.2, -0.15) is 0 Å². The van der Waals surface area contributed by atoms with Crippen LogP contribution in [0.3, 0.4) is 0 Å². The van der Waals surface area contributed by atoms with Gasteiger partial charge in [-0.05, 0) is 37.3 Å². The fraction of sp³-hybridized carbons (Fsp3) is 0.0769. The lowest BCUT2D eigenvalue weighted by atomic mass is 10.2. The second-order valence-corrected chi connectivity index (χ2v) is 4.39. The van der Waals surface area contributed by atoms with Crippen LogP contribution in [0.5, 0.6) is 0 Å². The van der Waals surface area contributed by atoms with Gasteiger partial charge < -0.3 is 0 Å². The van der Waals surface area contributed by atoms with Gasteiger partial charge in [-0.3, -0.25) is 10.1 Å². The Labute approximate surface area is 108 Å². The van der Waals surface area contributed by atoms with E-state index in [0.717, 1.165) is 11.3 Å². The van der Waals surface area contributed by atoms with E-state index in [9.17, 15) is 9.18 Å². The first-order valence-corrected chi connectivity index (χ1v) is 6.22. The number of carbonyl (C=O) groups is 1. The first-order chi connectivity index (χ1) is 8.69. The average Bonchev–Trinajstić information content (AvgIpc) is 2.78. The maximum Gasteiger partial charge on any atom is 0.249 e. The third-order valence-electron chi connectivity index (χ3n) is 2.19. The molecule has 1 aromatic heterocycles. The van der Waals surface area contributed by atoms with Gasteiger partial charge in [0, 0.05) is 10.9 Å². The molecule has 0 bridgehead atoms. The van der Waals surface area contributed by atoms with Crippen molar-refractivity contribution in [2.75, 3.05) is 5.32 Å². The number of hydrogen-bond acceptors (Lipinski definition) is 3. The maximum atomic E-state index is 12.8. The van der Waals surface area contributed by atoms with E-state index >= 15 is 0 Å². The summed E-state index contributed by atoms with van der Waals surface area (Å²) >= 11 is 1.33. The highest BCUT2D eigenvalue weighted by Gasteiger charge is 2.06. The van der Waals surface area contributed by atoms with Crippen LogP contribution in [0.25, 0.3) is 11.3 Å². The molecule has 0 aliphatic rings. The van der Waals surface area contributed by atoms with Gasteiger partial charge in [0.15, 0.2) is 5.13 Å². The van der Waals surface area contributed by atoms with Crippen molar-refractivity contribution < 1.29 is 9.18 Å². The number of carbonyl (C=O) groups excluding carboxylic acids is 1. The zero-order valence-corrected chi connectivity index (χ0v) is 10.5. The summed E-state index contributed by atoms with van der Waals surface area (Å²) in [5.74, 6) is -0.493. The van der Waals surface area contributed by atoms with Gasteiger partial charge in [0.1, 0.15) is 5.82 Å². The number of benzene rings is 1. The van der Waals surface area contributed by atoms with Crippen molar-refractivity contribution in [2.24, 2.45) is 0 Å². The zero-order valence-electron chi connectivity index (χ0n) is 9.68. The summed E-state index contributed by atoms with van der Waals surface area (Å²) in [4.78, 5) is 15.6. The van der Waals surface area contributed by atoms with Gasteiger partial charge in [0.25, 0.3) is 0 Å². The van der Waals surface area contributed by atoms with Gasteiger partial charge in [-0.15, -0.1) is 11.3 Å². The van der Waals surface area contributed by atoms with Crippen molar-refractivity contribution in [1.82, 2.24) is 4.98 Å². The number of rotatable bonds is 3. The third-order valence-corrected chi connectivity index (χ3v) is 2.95. The van der Waals surface area contributed by atoms with Crippen molar-refractivity contribution >= 4 is 22.4 Å². The predicted molar refractivity (Wildman–Crippen MR) is 71.0 cm³/mol. The number of anilines is 1. The molecule has 0 atom stereocenters. The van der Waals surface area contributed by atoms with Gasteiger partial charge >= 0.3 is 0 Å². The number of aromatic nitrogens is 1. The molecule has 1 N–H and O–H groups in total. The Kier molecular flexibility index (Phi) is 3.84. The fourth-order valence-electron chi connectivity index (χ4n) is 1.38. The van der Waals surface area contributed by atoms with E-state index in [1.54, 1.807) is 25.1 Å². The van der Waals surface area contributed by atoms with Crippen LogP contribution in [0.1, 0.15) is 6.92 Å². The predicted octanol–water partition coefficient (Wildman–Crippen LogP) is 3.46. The van der Waals surface area contributed by atoms with Crippen molar-refractivity contribution in [3.8, 4) is 11.3 Å². The smallest absolute Gasteiger partial charge is 0.249 e. The SMILES string of the molecule is C/C=C/C(=O)Nc1nc(-c2ccc(F)cc2)cs1. The summed E-state index contributed by atoms with van der Waals surface area (Å²) < 4.78 is 12.8. The molecule has 0 unspecified atom stereocenters. The van der Waals surface area contributed by atoms with Gasteiger partial charge in [0.05, 0.1) is 5.69 Å². The van der Waals surface area contributed by atoms with Crippen LogP contribution in [0, 0.1) is 5.82 Å². The largest absolute Gasteiger partial charge is 0.298 e. The Balaban J connectivity index is 2.15. The Morgan fingerprint density at radius 3 is 2.78 bits per heavy atom. The minimum atomic E-state index is -0.282. The van der Waals surface area contributed by atoms with E-state index in [1.807, 2.05) is 5.38 Å². The molecule has 1 aromatic carbocycles. The van der Waals surface area contributed by atoms with Gasteiger partial charge in [-0.1, -0.05) is 6.08 Å². The lowest BCUT2D eigenvalue weighted by Gasteiger charge is -1.96. The van der Waals surface area contributed by atoms with Crippen LogP contribution in [-0.4, -0.2) is 10.9 Å². The van der Waals surface area contributed by atoms with Crippen LogP contribution >= 0.6 is 11.3 Å². The normalized spacial score (nSPS) is 10.8. The van der Waals surface area contributed by atoms with Crippen LogP contribution in [0.4, 0.5) is 9.52 Å². The molecule has 2 rings (SSSR count). The summed E-state index contributed by atoms with van der Waals surface area (Å²) in [7, 11) is 0. The van der Waals surface area contributed by atoms with Crippen LogP contribution < -0.4 is 5.32 Å². The Hall–Kier alpha value is -2.01. The molecular weight excluding hydrogens is 251 g/mol. The number of halogens is 1.